The predicted octanol–water partition coefficient (Wildman–Crippen LogP) is 1.03. The number of nitrogen functional groups attached to an aromatic ring is 1. The Bertz CT molecular complexity index is 882. The molecule has 0 radical (unpaired) electrons. The highest BCUT2D eigenvalue weighted by Crippen LogP contribution is 2.35. The van der Waals surface area contributed by atoms with E-state index < -0.39 is 0 Å². The molecule has 0 bridgehead atoms. The number of methoxy groups -OCH3 is 1. The summed E-state index contributed by atoms with van der Waals surface area (Å²) in [6.45, 7) is 1.68. The number of likely N-dealkylation sites (N-methyl/N-ethyl adjacent to an activating group) is 1. The molecule has 0 amide bonds. The van der Waals surface area contributed by atoms with E-state index in [1.807, 2.05) is 31.6 Å². The third-order valence-electron chi connectivity index (χ3n) is 4.78. The molecule has 4 N–H and O–H groups in total. The van der Waals surface area contributed by atoms with Crippen LogP contribution in [0.3, 0.4) is 0 Å². The number of rotatable bonds is 4. The zero-order chi connectivity index (χ0) is 17.4. The van der Waals surface area contributed by atoms with Gasteiger partial charge in [0.05, 0.1) is 28.9 Å². The Morgan fingerprint density at radius 2 is 2.12 bits per heavy atom. The smallest absolute Gasteiger partial charge is 0.220 e. The van der Waals surface area contributed by atoms with Crippen molar-refractivity contribution in [3.63, 3.8) is 0 Å². The molecule has 1 saturated heterocycles. The zero-order valence-electron chi connectivity index (χ0n) is 14.2. The summed E-state index contributed by atoms with van der Waals surface area (Å²) in [4.78, 5) is 18.3. The van der Waals surface area contributed by atoms with Crippen LogP contribution < -0.4 is 16.0 Å². The maximum absolute atomic E-state index is 5.76. The van der Waals surface area contributed by atoms with Gasteiger partial charge in [-0.3, -0.25) is 0 Å². The van der Waals surface area contributed by atoms with Crippen molar-refractivity contribution in [1.82, 2.24) is 25.3 Å². The van der Waals surface area contributed by atoms with Crippen molar-refractivity contribution in [3.8, 4) is 11.3 Å². The first kappa shape index (κ1) is 15.8. The van der Waals surface area contributed by atoms with Crippen LogP contribution in [0.2, 0.25) is 0 Å². The van der Waals surface area contributed by atoms with E-state index in [1.54, 1.807) is 13.3 Å². The molecule has 8 nitrogen and oxygen atoms in total. The van der Waals surface area contributed by atoms with Crippen LogP contribution in [-0.2, 0) is 4.74 Å². The number of nitrogens with zero attached hydrogens (tertiary/aromatic N) is 4. The normalized spacial score (nSPS) is 20.5. The number of hydrogen-bond acceptors (Lipinski definition) is 7. The number of pyridine rings is 1. The Kier molecular flexibility index (Phi) is 3.98. The number of aromatic amines is 1. The van der Waals surface area contributed by atoms with Gasteiger partial charge in [-0.2, -0.15) is 0 Å². The van der Waals surface area contributed by atoms with Gasteiger partial charge in [-0.15, -0.1) is 0 Å². The first-order valence-electron chi connectivity index (χ1n) is 8.21. The Labute approximate surface area is 145 Å². The predicted molar refractivity (Wildman–Crippen MR) is 97.4 cm³/mol. The Morgan fingerprint density at radius 1 is 1.28 bits per heavy atom. The molecule has 1 aliphatic rings. The minimum atomic E-state index is 0.144. The molecule has 2 atom stereocenters. The SMILES string of the molecule is CNC1CN(c2ccnc3[nH]cc(-c4ccnc(N)n4)c23)CC1OC. The van der Waals surface area contributed by atoms with Gasteiger partial charge in [-0.05, 0) is 19.2 Å². The third kappa shape index (κ3) is 2.69. The molecule has 0 saturated carbocycles. The summed E-state index contributed by atoms with van der Waals surface area (Å²) in [7, 11) is 3.72. The van der Waals surface area contributed by atoms with Crippen molar-refractivity contribution in [1.29, 1.82) is 0 Å². The third-order valence-corrected chi connectivity index (χ3v) is 4.78. The van der Waals surface area contributed by atoms with Crippen LogP contribution in [0.1, 0.15) is 0 Å². The minimum absolute atomic E-state index is 0.144. The number of nitrogens with two attached hydrogens (primary N) is 1. The van der Waals surface area contributed by atoms with Crippen molar-refractivity contribution in [2.45, 2.75) is 12.1 Å². The number of hydrogen-bond donors (Lipinski definition) is 3. The van der Waals surface area contributed by atoms with Gasteiger partial charge in [0.2, 0.25) is 5.95 Å². The molecule has 1 fully saturated rings. The van der Waals surface area contributed by atoms with E-state index in [2.05, 4.69) is 30.2 Å². The number of H-pyrrole nitrogens is 1. The molecule has 2 unspecified atom stereocenters. The summed E-state index contributed by atoms with van der Waals surface area (Å²) in [5.74, 6) is 0.258. The molecule has 8 heteroatoms. The lowest BCUT2D eigenvalue weighted by Gasteiger charge is -2.20. The van der Waals surface area contributed by atoms with Crippen molar-refractivity contribution in [3.05, 3.63) is 30.7 Å². The Morgan fingerprint density at radius 3 is 2.84 bits per heavy atom. The average Bonchev–Trinajstić information content (AvgIpc) is 3.25. The van der Waals surface area contributed by atoms with E-state index in [0.29, 0.717) is 0 Å². The van der Waals surface area contributed by atoms with Gasteiger partial charge < -0.3 is 25.7 Å². The zero-order valence-corrected chi connectivity index (χ0v) is 14.2. The van der Waals surface area contributed by atoms with Gasteiger partial charge in [0, 0.05) is 44.4 Å². The molecule has 0 aromatic carbocycles. The number of aromatic nitrogens is 4. The molecular formula is C17H21N7O. The number of fused-ring (bicyclic) bond motifs is 1. The van der Waals surface area contributed by atoms with Crippen LogP contribution in [0.5, 0.6) is 0 Å². The highest BCUT2D eigenvalue weighted by atomic mass is 16.5. The van der Waals surface area contributed by atoms with Gasteiger partial charge in [-0.1, -0.05) is 0 Å². The van der Waals surface area contributed by atoms with Crippen LogP contribution in [0.4, 0.5) is 11.6 Å². The van der Waals surface area contributed by atoms with Gasteiger partial charge in [0.1, 0.15) is 5.65 Å². The Hall–Kier alpha value is -2.71. The average molecular weight is 339 g/mol. The van der Waals surface area contributed by atoms with Crippen molar-refractivity contribution < 1.29 is 4.74 Å². The fourth-order valence-electron chi connectivity index (χ4n) is 3.52. The lowest BCUT2D eigenvalue weighted by atomic mass is 10.1. The molecule has 1 aliphatic heterocycles. The molecule has 4 rings (SSSR count). The first-order chi connectivity index (χ1) is 12.2. The van der Waals surface area contributed by atoms with E-state index in [1.165, 1.54) is 0 Å². The first-order valence-corrected chi connectivity index (χ1v) is 8.21. The van der Waals surface area contributed by atoms with Crippen LogP contribution in [0.25, 0.3) is 22.3 Å². The maximum atomic E-state index is 5.76. The highest BCUT2D eigenvalue weighted by molar-refractivity contribution is 6.02. The molecule has 3 aromatic heterocycles. The summed E-state index contributed by atoms with van der Waals surface area (Å²) in [6.07, 6.45) is 5.55. The fourth-order valence-corrected chi connectivity index (χ4v) is 3.52. The summed E-state index contributed by atoms with van der Waals surface area (Å²) in [6, 6.07) is 4.17. The second kappa shape index (κ2) is 6.30. The largest absolute Gasteiger partial charge is 0.378 e. The van der Waals surface area contributed by atoms with E-state index in [0.717, 1.165) is 41.1 Å². The molecule has 0 spiro atoms. The standard InChI is InChI=1S/C17H21N7O/c1-19-12-8-24(9-14(12)25-2)13-4-6-20-16-15(13)10(7-22-16)11-3-5-21-17(18)23-11/h3-7,12,14,19H,8-9H2,1-2H3,(H,20,22)(H2,18,21,23). The molecule has 130 valence electrons. The van der Waals surface area contributed by atoms with Gasteiger partial charge >= 0.3 is 0 Å². The van der Waals surface area contributed by atoms with Crippen LogP contribution in [0.15, 0.2) is 30.7 Å². The summed E-state index contributed by atoms with van der Waals surface area (Å²) in [5, 5.41) is 4.37. The molecule has 25 heavy (non-hydrogen) atoms. The highest BCUT2D eigenvalue weighted by Gasteiger charge is 2.33. The second-order valence-corrected chi connectivity index (χ2v) is 6.13. The number of anilines is 2. The molecule has 3 aromatic rings. The summed E-state index contributed by atoms with van der Waals surface area (Å²) < 4.78 is 5.63. The number of ether oxygens (including phenoxy) is 1. The number of nitrogens with one attached hydrogen (secondary N) is 2. The van der Waals surface area contributed by atoms with Gasteiger partial charge in [0.15, 0.2) is 0 Å². The summed E-state index contributed by atoms with van der Waals surface area (Å²) in [5.41, 5.74) is 9.44. The Balaban J connectivity index is 1.81. The van der Waals surface area contributed by atoms with Crippen LogP contribution in [0, 0.1) is 0 Å². The molecule has 0 aliphatic carbocycles. The van der Waals surface area contributed by atoms with E-state index in [9.17, 15) is 0 Å². The topological polar surface area (TPSA) is 105 Å². The van der Waals surface area contributed by atoms with Crippen molar-refractivity contribution in [2.24, 2.45) is 0 Å². The van der Waals surface area contributed by atoms with Crippen LogP contribution in [-0.4, -0.2) is 59.3 Å². The monoisotopic (exact) mass is 339 g/mol. The molecular weight excluding hydrogens is 318 g/mol. The van der Waals surface area contributed by atoms with E-state index in [-0.39, 0.29) is 18.1 Å². The van der Waals surface area contributed by atoms with E-state index >= 15 is 0 Å². The minimum Gasteiger partial charge on any atom is -0.378 e. The van der Waals surface area contributed by atoms with Gasteiger partial charge in [0.25, 0.3) is 0 Å². The van der Waals surface area contributed by atoms with Crippen molar-refractivity contribution >= 4 is 22.7 Å². The van der Waals surface area contributed by atoms with Gasteiger partial charge in [-0.25, -0.2) is 15.0 Å². The van der Waals surface area contributed by atoms with Crippen molar-refractivity contribution in [2.75, 3.05) is 37.9 Å². The lowest BCUT2D eigenvalue weighted by Crippen LogP contribution is -2.37. The lowest BCUT2D eigenvalue weighted by molar-refractivity contribution is 0.0996. The second-order valence-electron chi connectivity index (χ2n) is 6.13. The fraction of sp³-hybridized carbons (Fsp3) is 0.353. The molecule has 4 heterocycles. The quantitative estimate of drug-likeness (QED) is 0.652. The maximum Gasteiger partial charge on any atom is 0.220 e. The summed E-state index contributed by atoms with van der Waals surface area (Å²) >= 11 is 0. The van der Waals surface area contributed by atoms with Crippen LogP contribution >= 0.6 is 0 Å². The van der Waals surface area contributed by atoms with E-state index in [4.69, 9.17) is 10.5 Å².